The Hall–Kier alpha value is -4.60. The first-order valence-electron chi connectivity index (χ1n) is 13.8. The zero-order chi connectivity index (χ0) is 34.6. The van der Waals surface area contributed by atoms with Crippen molar-refractivity contribution in [3.8, 4) is 0 Å². The first-order chi connectivity index (χ1) is 22.0. The van der Waals surface area contributed by atoms with Crippen LogP contribution in [-0.2, 0) is 30.5 Å². The molecule has 1 aliphatic rings. The number of carbonyl (C=O) groups excluding carboxylic acids is 3. The molecule has 7 N–H and O–H groups in total. The van der Waals surface area contributed by atoms with Gasteiger partial charge in [0.2, 0.25) is 12.8 Å². The van der Waals surface area contributed by atoms with E-state index in [4.69, 9.17) is 21.0 Å². The second-order valence-electron chi connectivity index (χ2n) is 9.80. The average Bonchev–Trinajstić information content (AvgIpc) is 3.38. The molecule has 12 nitrogen and oxygen atoms in total. The molecule has 0 aliphatic carbocycles. The van der Waals surface area contributed by atoms with E-state index in [9.17, 15) is 18.4 Å². The topological polar surface area (TPSA) is 164 Å². The van der Waals surface area contributed by atoms with Crippen LogP contribution in [0.15, 0.2) is 76.9 Å². The van der Waals surface area contributed by atoms with Crippen LogP contribution in [0.3, 0.4) is 0 Å². The lowest BCUT2D eigenvalue weighted by Gasteiger charge is -2.23. The lowest BCUT2D eigenvalue weighted by Crippen LogP contribution is -2.25. The second kappa shape index (κ2) is 21.2. The summed E-state index contributed by atoms with van der Waals surface area (Å²) < 4.78 is 31.7. The number of nitrogens with zero attached hydrogens (tertiary/aromatic N) is 2. The SMILES string of the molecule is CNc1ccc(C2SC(NC=O)=C(C=O)C2CN(C)C)cc1.CO/C(N)=C/C=C(\N)N(C)Cc1c(F)cccc1F.CONC=O. The number of hydrogen-bond donors (Lipinski definition) is 5. The van der Waals surface area contributed by atoms with Gasteiger partial charge in [-0.3, -0.25) is 19.2 Å². The van der Waals surface area contributed by atoms with E-state index in [1.54, 1.807) is 18.8 Å². The molecule has 2 atom stereocenters. The summed E-state index contributed by atoms with van der Waals surface area (Å²) in [5.74, 6) is -0.658. The van der Waals surface area contributed by atoms with Crippen molar-refractivity contribution in [3.63, 3.8) is 0 Å². The number of methoxy groups -OCH3 is 1. The number of amides is 2. The Labute approximate surface area is 272 Å². The summed E-state index contributed by atoms with van der Waals surface area (Å²) in [6.45, 7) is 0.769. The standard InChI is InChI=1S/C16H21N3O2S.C13H17F2N3O.C2H5NO2/c1-17-12-6-4-11(5-7-12)15-13(8-19(2)3)14(9-20)16(22-15)18-10-21;1-18(12(16)6-7-13(17)19-2)8-9-10(14)4-3-5-11(9)15;1-5-3-2-4/h4-7,9-10,13,15,17H,8H2,1-3H3,(H,18,21);3-7H,8,16-17H2,1-2H3;2H,1H3,(H,3,4)/b;12-6+,13-7+;. The predicted molar refractivity (Wildman–Crippen MR) is 176 cm³/mol. The van der Waals surface area contributed by atoms with Crippen molar-refractivity contribution in [3.05, 3.63) is 99.7 Å². The molecule has 1 heterocycles. The van der Waals surface area contributed by atoms with Crippen LogP contribution < -0.4 is 27.6 Å². The maximum atomic E-state index is 13.5. The van der Waals surface area contributed by atoms with Crippen LogP contribution in [0.2, 0.25) is 0 Å². The number of aldehydes is 1. The highest BCUT2D eigenvalue weighted by atomic mass is 32.2. The van der Waals surface area contributed by atoms with Crippen molar-refractivity contribution in [2.75, 3.05) is 54.3 Å². The van der Waals surface area contributed by atoms with Crippen molar-refractivity contribution in [1.29, 1.82) is 0 Å². The van der Waals surface area contributed by atoms with Gasteiger partial charge in [-0.25, -0.2) is 14.3 Å². The van der Waals surface area contributed by atoms with E-state index >= 15 is 0 Å². The van der Waals surface area contributed by atoms with Crippen molar-refractivity contribution < 1.29 is 32.7 Å². The molecule has 252 valence electrons. The molecule has 2 aromatic carbocycles. The summed E-state index contributed by atoms with van der Waals surface area (Å²) >= 11 is 1.54. The van der Waals surface area contributed by atoms with E-state index in [1.807, 2.05) is 38.8 Å². The zero-order valence-corrected chi connectivity index (χ0v) is 27.6. The maximum absolute atomic E-state index is 13.5. The van der Waals surface area contributed by atoms with Crippen LogP contribution in [0.5, 0.6) is 0 Å². The Bertz CT molecular complexity index is 1340. The number of hydroxylamine groups is 1. The maximum Gasteiger partial charge on any atom is 0.230 e. The molecule has 2 unspecified atom stereocenters. The number of rotatable bonds is 14. The fourth-order valence-electron chi connectivity index (χ4n) is 4.07. The third kappa shape index (κ3) is 12.8. The van der Waals surface area contributed by atoms with E-state index < -0.39 is 11.6 Å². The number of carbonyl (C=O) groups is 3. The lowest BCUT2D eigenvalue weighted by molar-refractivity contribution is -0.118. The molecule has 2 aromatic rings. The smallest absolute Gasteiger partial charge is 0.230 e. The van der Waals surface area contributed by atoms with Crippen LogP contribution in [0.1, 0.15) is 16.4 Å². The van der Waals surface area contributed by atoms with Gasteiger partial charge in [-0.2, -0.15) is 0 Å². The Morgan fingerprint density at radius 1 is 0.978 bits per heavy atom. The van der Waals surface area contributed by atoms with Gasteiger partial charge < -0.3 is 36.6 Å². The fraction of sp³-hybridized carbons (Fsp3) is 0.323. The monoisotopic (exact) mass is 663 g/mol. The molecule has 0 aromatic heterocycles. The summed E-state index contributed by atoms with van der Waals surface area (Å²) in [5.41, 5.74) is 15.9. The molecule has 0 radical (unpaired) electrons. The van der Waals surface area contributed by atoms with E-state index in [1.165, 1.54) is 49.5 Å². The van der Waals surface area contributed by atoms with Gasteiger partial charge in [-0.05, 0) is 50.0 Å². The van der Waals surface area contributed by atoms with Gasteiger partial charge in [0.15, 0.2) is 5.88 Å². The van der Waals surface area contributed by atoms with E-state index in [2.05, 4.69) is 32.5 Å². The van der Waals surface area contributed by atoms with Crippen LogP contribution in [-0.4, -0.2) is 77.9 Å². The van der Waals surface area contributed by atoms with Crippen LogP contribution in [0.25, 0.3) is 0 Å². The summed E-state index contributed by atoms with van der Waals surface area (Å²) in [6.07, 6.45) is 4.92. The third-order valence-electron chi connectivity index (χ3n) is 6.40. The number of nitrogens with one attached hydrogen (secondary N) is 3. The number of nitrogens with two attached hydrogens (primary N) is 2. The molecular weight excluding hydrogens is 620 g/mol. The minimum Gasteiger partial charge on any atom is -0.483 e. The Morgan fingerprint density at radius 3 is 2.07 bits per heavy atom. The molecule has 0 saturated heterocycles. The van der Waals surface area contributed by atoms with Crippen LogP contribution >= 0.6 is 11.8 Å². The first-order valence-corrected chi connectivity index (χ1v) is 14.7. The third-order valence-corrected chi connectivity index (χ3v) is 7.84. The van der Waals surface area contributed by atoms with Crippen molar-refractivity contribution >= 4 is 36.6 Å². The van der Waals surface area contributed by atoms with Gasteiger partial charge in [0.1, 0.15) is 17.9 Å². The van der Waals surface area contributed by atoms with Crippen LogP contribution in [0, 0.1) is 17.6 Å². The highest BCUT2D eigenvalue weighted by Crippen LogP contribution is 2.50. The minimum absolute atomic E-state index is 0.0154. The van der Waals surface area contributed by atoms with Crippen molar-refractivity contribution in [2.45, 2.75) is 11.8 Å². The van der Waals surface area contributed by atoms with E-state index in [-0.39, 0.29) is 29.2 Å². The Balaban J connectivity index is 0.000000405. The second-order valence-corrected chi connectivity index (χ2v) is 11.0. The molecular formula is C31H43F2N7O5S. The van der Waals surface area contributed by atoms with E-state index in [0.29, 0.717) is 29.2 Å². The van der Waals surface area contributed by atoms with Gasteiger partial charge in [0, 0.05) is 61.3 Å². The highest BCUT2D eigenvalue weighted by Gasteiger charge is 2.36. The van der Waals surface area contributed by atoms with Gasteiger partial charge >= 0.3 is 0 Å². The molecule has 0 bridgehead atoms. The summed E-state index contributed by atoms with van der Waals surface area (Å²) in [5, 5.41) is 6.56. The number of halogens is 2. The molecule has 2 amide bonds. The highest BCUT2D eigenvalue weighted by molar-refractivity contribution is 8.03. The van der Waals surface area contributed by atoms with Gasteiger partial charge in [-0.15, -0.1) is 0 Å². The number of thioether (sulfide) groups is 1. The van der Waals surface area contributed by atoms with E-state index in [0.717, 1.165) is 24.1 Å². The number of benzene rings is 2. The molecule has 0 spiro atoms. The summed E-state index contributed by atoms with van der Waals surface area (Å²) in [4.78, 5) is 39.1. The number of ether oxygens (including phenoxy) is 1. The first kappa shape index (κ1) is 39.4. The summed E-state index contributed by atoms with van der Waals surface area (Å²) in [7, 11) is 10.3. The lowest BCUT2D eigenvalue weighted by atomic mass is 9.92. The normalized spacial score (nSPS) is 15.9. The number of hydrogen-bond acceptors (Lipinski definition) is 11. The molecule has 0 saturated carbocycles. The molecule has 15 heteroatoms. The number of allylic oxidation sites excluding steroid dienone is 2. The van der Waals surface area contributed by atoms with Crippen molar-refractivity contribution in [1.82, 2.24) is 20.6 Å². The summed E-state index contributed by atoms with van der Waals surface area (Å²) in [6, 6.07) is 11.9. The van der Waals surface area contributed by atoms with Gasteiger partial charge in [-0.1, -0.05) is 30.0 Å². The van der Waals surface area contributed by atoms with Gasteiger partial charge in [0.25, 0.3) is 0 Å². The molecule has 0 fully saturated rings. The Morgan fingerprint density at radius 2 is 1.61 bits per heavy atom. The average molecular weight is 664 g/mol. The molecule has 1 aliphatic heterocycles. The molecule has 46 heavy (non-hydrogen) atoms. The minimum atomic E-state index is -0.605. The predicted octanol–water partition coefficient (Wildman–Crippen LogP) is 2.79. The largest absolute Gasteiger partial charge is 0.483 e. The quantitative estimate of drug-likeness (QED) is 0.0874. The number of anilines is 1. The van der Waals surface area contributed by atoms with Gasteiger partial charge in [0.05, 0.1) is 25.1 Å². The van der Waals surface area contributed by atoms with Crippen molar-refractivity contribution in [2.24, 2.45) is 17.4 Å². The van der Waals surface area contributed by atoms with Crippen LogP contribution in [0.4, 0.5) is 14.5 Å². The zero-order valence-electron chi connectivity index (χ0n) is 26.8. The molecule has 3 rings (SSSR count). The fourth-order valence-corrected chi connectivity index (χ4v) is 5.47. The Kier molecular flexibility index (Phi) is 18.2.